The number of nitrogens with one attached hydrogen (secondary N) is 3. The Bertz CT molecular complexity index is 407. The van der Waals surface area contributed by atoms with E-state index >= 15 is 0 Å². The van der Waals surface area contributed by atoms with Gasteiger partial charge in [0.2, 0.25) is 5.91 Å². The van der Waals surface area contributed by atoms with E-state index in [1.165, 1.54) is 12.8 Å². The minimum Gasteiger partial charge on any atom is -0.467 e. The Morgan fingerprint density at radius 2 is 2.10 bits per heavy atom. The number of rotatable bonds is 8. The lowest BCUT2D eigenvalue weighted by Crippen LogP contribution is -2.43. The van der Waals surface area contributed by atoms with E-state index in [1.807, 2.05) is 6.07 Å². The lowest BCUT2D eigenvalue weighted by molar-refractivity contribution is -0.120. The van der Waals surface area contributed by atoms with E-state index in [4.69, 9.17) is 4.42 Å². The first-order chi connectivity index (χ1) is 9.76. The van der Waals surface area contributed by atoms with Gasteiger partial charge in [-0.1, -0.05) is 19.8 Å². The summed E-state index contributed by atoms with van der Waals surface area (Å²) in [4.78, 5) is 15.7. The monoisotopic (exact) mass is 408 g/mol. The molecule has 3 N–H and O–H groups in total. The highest BCUT2D eigenvalue weighted by Gasteiger charge is 2.04. The van der Waals surface area contributed by atoms with Crippen molar-refractivity contribution in [2.45, 2.75) is 32.7 Å². The van der Waals surface area contributed by atoms with Gasteiger partial charge in [0.1, 0.15) is 5.76 Å². The van der Waals surface area contributed by atoms with Crippen LogP contribution in [0.25, 0.3) is 0 Å². The largest absolute Gasteiger partial charge is 0.467 e. The van der Waals surface area contributed by atoms with Gasteiger partial charge in [-0.15, -0.1) is 24.0 Å². The molecule has 7 heteroatoms. The van der Waals surface area contributed by atoms with E-state index in [0.717, 1.165) is 18.7 Å². The average molecular weight is 408 g/mol. The topological polar surface area (TPSA) is 78.7 Å². The zero-order chi connectivity index (χ0) is 14.6. The Kier molecular flexibility index (Phi) is 11.7. The molecule has 0 fully saturated rings. The molecule has 0 aliphatic carbocycles. The number of furan rings is 1. The third kappa shape index (κ3) is 9.33. The fraction of sp³-hybridized carbons (Fsp3) is 0.571. The van der Waals surface area contributed by atoms with Gasteiger partial charge in [0, 0.05) is 13.6 Å². The van der Waals surface area contributed by atoms with E-state index < -0.39 is 0 Å². The molecule has 21 heavy (non-hydrogen) atoms. The molecule has 0 aliphatic heterocycles. The standard InChI is InChI=1S/C14H24N4O2.HI/c1-3-4-5-8-16-14(15-2)18-11-13(19)17-10-12-7-6-9-20-12;/h6-7,9H,3-5,8,10-11H2,1-2H3,(H,17,19)(H2,15,16,18);1H. The fourth-order valence-corrected chi connectivity index (χ4v) is 1.63. The van der Waals surface area contributed by atoms with Gasteiger partial charge in [-0.3, -0.25) is 9.79 Å². The van der Waals surface area contributed by atoms with Crippen LogP contribution in [0.3, 0.4) is 0 Å². The minimum absolute atomic E-state index is 0. The molecule has 0 aliphatic rings. The zero-order valence-corrected chi connectivity index (χ0v) is 15.0. The Hall–Kier alpha value is -1.25. The third-order valence-electron chi connectivity index (χ3n) is 2.75. The highest BCUT2D eigenvalue weighted by Crippen LogP contribution is 1.97. The van der Waals surface area contributed by atoms with Crippen molar-refractivity contribution >= 4 is 35.8 Å². The number of carbonyl (C=O) groups excluding carboxylic acids is 1. The maximum Gasteiger partial charge on any atom is 0.239 e. The summed E-state index contributed by atoms with van der Waals surface area (Å²) in [6, 6.07) is 3.61. The van der Waals surface area contributed by atoms with E-state index in [9.17, 15) is 4.79 Å². The van der Waals surface area contributed by atoms with Crippen molar-refractivity contribution in [1.29, 1.82) is 0 Å². The van der Waals surface area contributed by atoms with Gasteiger partial charge in [0.05, 0.1) is 19.4 Å². The SMILES string of the molecule is CCCCCNC(=NC)NCC(=O)NCc1ccco1.I. The van der Waals surface area contributed by atoms with Gasteiger partial charge in [-0.2, -0.15) is 0 Å². The molecule has 1 aromatic heterocycles. The lowest BCUT2D eigenvalue weighted by atomic mass is 10.2. The summed E-state index contributed by atoms with van der Waals surface area (Å²) in [5.74, 6) is 1.28. The van der Waals surface area contributed by atoms with E-state index in [0.29, 0.717) is 12.5 Å². The molecular formula is C14H25IN4O2. The van der Waals surface area contributed by atoms with Gasteiger partial charge < -0.3 is 20.4 Å². The van der Waals surface area contributed by atoms with E-state index in [2.05, 4.69) is 27.9 Å². The molecule has 1 aromatic rings. The maximum atomic E-state index is 11.6. The van der Waals surface area contributed by atoms with Gasteiger partial charge >= 0.3 is 0 Å². The molecular weight excluding hydrogens is 383 g/mol. The minimum atomic E-state index is -0.0992. The number of unbranched alkanes of at least 4 members (excludes halogenated alkanes) is 2. The van der Waals surface area contributed by atoms with Crippen molar-refractivity contribution in [2.24, 2.45) is 4.99 Å². The Balaban J connectivity index is 0.00000400. The predicted octanol–water partition coefficient (Wildman–Crippen LogP) is 1.87. The summed E-state index contributed by atoms with van der Waals surface area (Å²) in [6.07, 6.45) is 5.06. The molecule has 0 bridgehead atoms. The van der Waals surface area contributed by atoms with Gasteiger partial charge in [-0.25, -0.2) is 0 Å². The summed E-state index contributed by atoms with van der Waals surface area (Å²) >= 11 is 0. The van der Waals surface area contributed by atoms with Crippen LogP contribution in [0.4, 0.5) is 0 Å². The number of amides is 1. The predicted molar refractivity (Wildman–Crippen MR) is 94.9 cm³/mol. The van der Waals surface area contributed by atoms with Crippen LogP contribution in [-0.4, -0.2) is 32.0 Å². The highest BCUT2D eigenvalue weighted by molar-refractivity contribution is 14.0. The van der Waals surface area contributed by atoms with Crippen LogP contribution in [-0.2, 0) is 11.3 Å². The molecule has 1 amide bonds. The molecule has 0 spiro atoms. The summed E-state index contributed by atoms with van der Waals surface area (Å²) in [5.41, 5.74) is 0. The fourth-order valence-electron chi connectivity index (χ4n) is 1.63. The van der Waals surface area contributed by atoms with E-state index in [-0.39, 0.29) is 36.4 Å². The molecule has 0 atom stereocenters. The average Bonchev–Trinajstić information content (AvgIpc) is 2.97. The molecule has 1 rings (SSSR count). The number of aliphatic imine (C=N–C) groups is 1. The van der Waals surface area contributed by atoms with Crippen LogP contribution in [0.1, 0.15) is 31.9 Å². The number of hydrogen-bond donors (Lipinski definition) is 3. The van der Waals surface area contributed by atoms with Crippen molar-refractivity contribution in [2.75, 3.05) is 20.1 Å². The van der Waals surface area contributed by atoms with Crippen LogP contribution in [0.5, 0.6) is 0 Å². The van der Waals surface area contributed by atoms with Crippen molar-refractivity contribution < 1.29 is 9.21 Å². The quantitative estimate of drug-likeness (QED) is 0.266. The normalized spacial score (nSPS) is 10.7. The van der Waals surface area contributed by atoms with Gasteiger partial charge in [0.25, 0.3) is 0 Å². The molecule has 1 heterocycles. The molecule has 0 unspecified atom stereocenters. The van der Waals surface area contributed by atoms with Gasteiger partial charge in [-0.05, 0) is 18.6 Å². The van der Waals surface area contributed by atoms with Crippen molar-refractivity contribution in [3.8, 4) is 0 Å². The third-order valence-corrected chi connectivity index (χ3v) is 2.75. The maximum absolute atomic E-state index is 11.6. The molecule has 0 radical (unpaired) electrons. The second kappa shape index (κ2) is 12.5. The second-order valence-electron chi connectivity index (χ2n) is 4.42. The summed E-state index contributed by atoms with van der Waals surface area (Å²) < 4.78 is 5.14. The molecule has 6 nitrogen and oxygen atoms in total. The first kappa shape index (κ1) is 19.8. The lowest BCUT2D eigenvalue weighted by Gasteiger charge is -2.11. The summed E-state index contributed by atoms with van der Waals surface area (Å²) in [5, 5.41) is 8.91. The second-order valence-corrected chi connectivity index (χ2v) is 4.42. The highest BCUT2D eigenvalue weighted by atomic mass is 127. The van der Waals surface area contributed by atoms with Crippen molar-refractivity contribution in [3.63, 3.8) is 0 Å². The number of hydrogen-bond acceptors (Lipinski definition) is 3. The number of nitrogens with zero attached hydrogens (tertiary/aromatic N) is 1. The first-order valence-electron chi connectivity index (χ1n) is 6.99. The first-order valence-corrected chi connectivity index (χ1v) is 6.99. The van der Waals surface area contributed by atoms with Crippen LogP contribution in [0, 0.1) is 0 Å². The summed E-state index contributed by atoms with van der Waals surface area (Å²) in [7, 11) is 1.69. The van der Waals surface area contributed by atoms with Crippen LogP contribution < -0.4 is 16.0 Å². The smallest absolute Gasteiger partial charge is 0.239 e. The molecule has 120 valence electrons. The van der Waals surface area contributed by atoms with Crippen molar-refractivity contribution in [1.82, 2.24) is 16.0 Å². The van der Waals surface area contributed by atoms with Gasteiger partial charge in [0.15, 0.2) is 5.96 Å². The van der Waals surface area contributed by atoms with E-state index in [1.54, 1.807) is 19.4 Å². The molecule has 0 saturated carbocycles. The molecule has 0 aromatic carbocycles. The zero-order valence-electron chi connectivity index (χ0n) is 12.6. The van der Waals surface area contributed by atoms with Crippen LogP contribution in [0.2, 0.25) is 0 Å². The summed E-state index contributed by atoms with van der Waals surface area (Å²) in [6.45, 7) is 3.61. The molecule has 0 saturated heterocycles. The number of carbonyl (C=O) groups is 1. The Morgan fingerprint density at radius 1 is 1.29 bits per heavy atom. The number of guanidine groups is 1. The van der Waals surface area contributed by atoms with Crippen LogP contribution >= 0.6 is 24.0 Å². The number of halogens is 1. The van der Waals surface area contributed by atoms with Crippen molar-refractivity contribution in [3.05, 3.63) is 24.2 Å². The van der Waals surface area contributed by atoms with Crippen LogP contribution in [0.15, 0.2) is 27.8 Å². The Morgan fingerprint density at radius 3 is 2.71 bits per heavy atom. The Labute approximate surface area is 143 Å².